The number of aliphatic hydroxyl groups is 1. The molecule has 0 radical (unpaired) electrons. The van der Waals surface area contributed by atoms with Gasteiger partial charge < -0.3 is 5.11 Å². The van der Waals surface area contributed by atoms with Gasteiger partial charge in [-0.05, 0) is 11.6 Å². The number of halogens is 2. The molecule has 0 aliphatic heterocycles. The van der Waals surface area contributed by atoms with Crippen molar-refractivity contribution in [3.05, 3.63) is 34.6 Å². The van der Waals surface area contributed by atoms with Crippen molar-refractivity contribution in [1.82, 2.24) is 0 Å². The standard InChI is InChI=1S/C10H12ClFOS/c1-7(5-13)14-6-8-3-2-4-9(12)10(8)11/h2-4,7,13H,5-6H2,1H3. The van der Waals surface area contributed by atoms with E-state index in [0.29, 0.717) is 5.75 Å². The van der Waals surface area contributed by atoms with Crippen LogP contribution >= 0.6 is 23.4 Å². The third kappa shape index (κ3) is 3.15. The first-order chi connectivity index (χ1) is 6.65. The molecule has 0 heterocycles. The predicted molar refractivity (Wildman–Crippen MR) is 59.3 cm³/mol. The molecule has 1 atom stereocenters. The quantitative estimate of drug-likeness (QED) is 0.864. The Morgan fingerprint density at radius 1 is 1.57 bits per heavy atom. The first-order valence-electron chi connectivity index (χ1n) is 4.30. The highest BCUT2D eigenvalue weighted by atomic mass is 35.5. The van der Waals surface area contributed by atoms with Crippen LogP contribution in [0.15, 0.2) is 18.2 Å². The Morgan fingerprint density at radius 2 is 2.29 bits per heavy atom. The Morgan fingerprint density at radius 3 is 2.93 bits per heavy atom. The van der Waals surface area contributed by atoms with E-state index in [9.17, 15) is 4.39 Å². The molecule has 0 bridgehead atoms. The monoisotopic (exact) mass is 234 g/mol. The smallest absolute Gasteiger partial charge is 0.142 e. The summed E-state index contributed by atoms with van der Waals surface area (Å²) >= 11 is 7.32. The van der Waals surface area contributed by atoms with Crippen molar-refractivity contribution in [3.8, 4) is 0 Å². The molecule has 1 rings (SSSR count). The molecule has 78 valence electrons. The van der Waals surface area contributed by atoms with Crippen molar-refractivity contribution >= 4 is 23.4 Å². The van der Waals surface area contributed by atoms with Crippen LogP contribution in [0, 0.1) is 5.82 Å². The maximum absolute atomic E-state index is 13.0. The van der Waals surface area contributed by atoms with Gasteiger partial charge in [-0.15, -0.1) is 0 Å². The lowest BCUT2D eigenvalue weighted by Gasteiger charge is -2.08. The molecular weight excluding hydrogens is 223 g/mol. The summed E-state index contributed by atoms with van der Waals surface area (Å²) in [5.74, 6) is 0.236. The summed E-state index contributed by atoms with van der Waals surface area (Å²) in [6.07, 6.45) is 0. The molecule has 0 amide bonds. The molecule has 1 aromatic rings. The number of hydrogen-bond donors (Lipinski definition) is 1. The van der Waals surface area contributed by atoms with Gasteiger partial charge in [-0.3, -0.25) is 0 Å². The topological polar surface area (TPSA) is 20.2 Å². The number of hydrogen-bond acceptors (Lipinski definition) is 2. The maximum atomic E-state index is 13.0. The molecule has 1 unspecified atom stereocenters. The van der Waals surface area contributed by atoms with Crippen LogP contribution < -0.4 is 0 Å². The second-order valence-electron chi connectivity index (χ2n) is 3.02. The van der Waals surface area contributed by atoms with Crippen molar-refractivity contribution in [3.63, 3.8) is 0 Å². The number of aliphatic hydroxyl groups excluding tert-OH is 1. The fourth-order valence-corrected chi connectivity index (χ4v) is 2.03. The van der Waals surface area contributed by atoms with Gasteiger partial charge in [-0.25, -0.2) is 4.39 Å². The van der Waals surface area contributed by atoms with Crippen LogP contribution in [0.5, 0.6) is 0 Å². The molecule has 4 heteroatoms. The Bertz CT molecular complexity index is 306. The Balaban J connectivity index is 2.63. The van der Waals surface area contributed by atoms with E-state index >= 15 is 0 Å². The minimum Gasteiger partial charge on any atom is -0.395 e. The molecule has 1 nitrogen and oxygen atoms in total. The summed E-state index contributed by atoms with van der Waals surface area (Å²) in [6, 6.07) is 4.77. The maximum Gasteiger partial charge on any atom is 0.142 e. The lowest BCUT2D eigenvalue weighted by Crippen LogP contribution is -2.02. The van der Waals surface area contributed by atoms with Crippen molar-refractivity contribution < 1.29 is 9.50 Å². The Kier molecular flexibility index (Phi) is 4.72. The van der Waals surface area contributed by atoms with Gasteiger partial charge in [-0.2, -0.15) is 11.8 Å². The molecule has 0 aromatic heterocycles. The first-order valence-corrected chi connectivity index (χ1v) is 5.73. The zero-order valence-corrected chi connectivity index (χ0v) is 9.41. The van der Waals surface area contributed by atoms with Gasteiger partial charge >= 0.3 is 0 Å². The highest BCUT2D eigenvalue weighted by Gasteiger charge is 2.07. The zero-order valence-electron chi connectivity index (χ0n) is 7.84. The van der Waals surface area contributed by atoms with Gasteiger partial charge in [0, 0.05) is 11.0 Å². The highest BCUT2D eigenvalue weighted by Crippen LogP contribution is 2.25. The summed E-state index contributed by atoms with van der Waals surface area (Å²) in [4.78, 5) is 0. The van der Waals surface area contributed by atoms with E-state index in [0.717, 1.165) is 5.56 Å². The highest BCUT2D eigenvalue weighted by molar-refractivity contribution is 7.99. The van der Waals surface area contributed by atoms with Gasteiger partial charge in [0.2, 0.25) is 0 Å². The van der Waals surface area contributed by atoms with Crippen molar-refractivity contribution in [2.45, 2.75) is 17.9 Å². The molecule has 0 saturated heterocycles. The van der Waals surface area contributed by atoms with E-state index in [1.807, 2.05) is 6.92 Å². The van der Waals surface area contributed by atoms with E-state index in [-0.39, 0.29) is 22.7 Å². The summed E-state index contributed by atoms with van der Waals surface area (Å²) in [6.45, 7) is 2.04. The van der Waals surface area contributed by atoms with Gasteiger partial charge in [0.05, 0.1) is 11.6 Å². The lowest BCUT2D eigenvalue weighted by atomic mass is 10.2. The van der Waals surface area contributed by atoms with Gasteiger partial charge in [0.25, 0.3) is 0 Å². The third-order valence-corrected chi connectivity index (χ3v) is 3.43. The van der Waals surface area contributed by atoms with Crippen LogP contribution in [0.2, 0.25) is 5.02 Å². The second-order valence-corrected chi connectivity index (χ2v) is 4.82. The summed E-state index contributed by atoms with van der Waals surface area (Å²) in [7, 11) is 0. The molecule has 14 heavy (non-hydrogen) atoms. The molecule has 0 spiro atoms. The van der Waals surface area contributed by atoms with Gasteiger partial charge in [0.15, 0.2) is 0 Å². The average molecular weight is 235 g/mol. The molecular formula is C10H12ClFOS. The van der Waals surface area contributed by atoms with Crippen LogP contribution in [-0.2, 0) is 5.75 Å². The van der Waals surface area contributed by atoms with E-state index in [2.05, 4.69) is 0 Å². The van der Waals surface area contributed by atoms with Crippen LogP contribution in [-0.4, -0.2) is 17.0 Å². The minimum absolute atomic E-state index is 0.123. The van der Waals surface area contributed by atoms with Gasteiger partial charge in [-0.1, -0.05) is 30.7 Å². The molecule has 0 aliphatic carbocycles. The Labute approximate surface area is 92.3 Å². The Hall–Kier alpha value is -0.250. The number of benzene rings is 1. The van der Waals surface area contributed by atoms with Gasteiger partial charge in [0.1, 0.15) is 5.82 Å². The SMILES string of the molecule is CC(CO)SCc1cccc(F)c1Cl. The normalized spacial score (nSPS) is 12.9. The molecule has 0 aliphatic rings. The summed E-state index contributed by atoms with van der Waals surface area (Å²) in [5, 5.41) is 9.14. The van der Waals surface area contributed by atoms with Crippen molar-refractivity contribution in [2.24, 2.45) is 0 Å². The van der Waals surface area contributed by atoms with Crippen molar-refractivity contribution in [2.75, 3.05) is 6.61 Å². The molecule has 1 aromatic carbocycles. The largest absolute Gasteiger partial charge is 0.395 e. The number of thioether (sulfide) groups is 1. The van der Waals surface area contributed by atoms with Crippen molar-refractivity contribution in [1.29, 1.82) is 0 Å². The van der Waals surface area contributed by atoms with Crippen LogP contribution in [0.1, 0.15) is 12.5 Å². The van der Waals surface area contributed by atoms with Crippen LogP contribution in [0.25, 0.3) is 0 Å². The molecule has 0 fully saturated rings. The fourth-order valence-electron chi connectivity index (χ4n) is 0.945. The lowest BCUT2D eigenvalue weighted by molar-refractivity contribution is 0.300. The number of rotatable bonds is 4. The average Bonchev–Trinajstić information content (AvgIpc) is 2.20. The zero-order chi connectivity index (χ0) is 10.6. The summed E-state index contributed by atoms with van der Waals surface area (Å²) < 4.78 is 13.0. The summed E-state index contributed by atoms with van der Waals surface area (Å²) in [5.41, 5.74) is 0.775. The second kappa shape index (κ2) is 5.59. The van der Waals surface area contributed by atoms with Crippen LogP contribution in [0.3, 0.4) is 0 Å². The minimum atomic E-state index is -0.388. The van der Waals surface area contributed by atoms with E-state index < -0.39 is 0 Å². The predicted octanol–water partition coefficient (Wildman–Crippen LogP) is 3.09. The fraction of sp³-hybridized carbons (Fsp3) is 0.400. The first kappa shape index (κ1) is 11.8. The van der Waals surface area contributed by atoms with Crippen LogP contribution in [0.4, 0.5) is 4.39 Å². The third-order valence-electron chi connectivity index (χ3n) is 1.81. The van der Waals surface area contributed by atoms with E-state index in [4.69, 9.17) is 16.7 Å². The van der Waals surface area contributed by atoms with E-state index in [1.54, 1.807) is 23.9 Å². The molecule has 0 saturated carbocycles. The molecule has 1 N–H and O–H groups in total. The van der Waals surface area contributed by atoms with E-state index in [1.165, 1.54) is 6.07 Å².